The number of benzene rings is 1. The van der Waals surface area contributed by atoms with E-state index in [0.717, 1.165) is 11.1 Å². The summed E-state index contributed by atoms with van der Waals surface area (Å²) in [6.07, 6.45) is 2.13. The summed E-state index contributed by atoms with van der Waals surface area (Å²) in [5.74, 6) is -1.08. The zero-order valence-corrected chi connectivity index (χ0v) is 33.2. The molecule has 2 aliphatic carbocycles. The molecule has 0 radical (unpaired) electrons. The number of nitrogens with zero attached hydrogens (tertiary/aromatic N) is 2. The van der Waals surface area contributed by atoms with E-state index in [9.17, 15) is 29.1 Å². The summed E-state index contributed by atoms with van der Waals surface area (Å²) >= 11 is 0. The molecule has 8 N–H and O–H groups in total. The number of ether oxygens (including phenoxy) is 3. The fourth-order valence-electron chi connectivity index (χ4n) is 8.33. The Morgan fingerprint density at radius 3 is 2.56 bits per heavy atom. The van der Waals surface area contributed by atoms with E-state index in [4.69, 9.17) is 25.7 Å². The van der Waals surface area contributed by atoms with Gasteiger partial charge in [0.15, 0.2) is 29.3 Å². The molecule has 1 aliphatic heterocycles. The molecule has 0 fully saturated rings. The van der Waals surface area contributed by atoms with Crippen LogP contribution in [0.1, 0.15) is 77.3 Å². The summed E-state index contributed by atoms with van der Waals surface area (Å²) in [6.45, 7) is 8.03. The van der Waals surface area contributed by atoms with Gasteiger partial charge in [-0.05, 0) is 81.7 Å². The van der Waals surface area contributed by atoms with Crippen molar-refractivity contribution in [1.82, 2.24) is 20.9 Å². The van der Waals surface area contributed by atoms with Crippen molar-refractivity contribution in [3.63, 3.8) is 0 Å². The molecule has 3 amide bonds. The third kappa shape index (κ3) is 9.58. The van der Waals surface area contributed by atoms with Crippen molar-refractivity contribution < 1.29 is 43.3 Å². The van der Waals surface area contributed by atoms with Gasteiger partial charge in [0, 0.05) is 44.6 Å². The molecule has 1 aromatic rings. The number of guanidine groups is 1. The van der Waals surface area contributed by atoms with E-state index >= 15 is 0 Å². The van der Waals surface area contributed by atoms with Gasteiger partial charge in [-0.1, -0.05) is 26.8 Å². The zero-order chi connectivity index (χ0) is 40.7. The highest BCUT2D eigenvalue weighted by Crippen LogP contribution is 2.64. The fraction of sp³-hybridized carbons (Fsp3) is 0.641. The maximum atomic E-state index is 13.7. The SMILES string of the molecule is CNCC[C@]12c3c4ccc(OC)c3O[C@H]1C(OC(=O)N(C)CC(C)(C)CNC(=O)[C@H](CCCN=C(N)N)CC(=O)CNC(=O)CC(C)=O)=CC[C@@]2(O)[C@H](C)C4. The molecule has 0 saturated heterocycles. The zero-order valence-electron chi connectivity index (χ0n) is 33.2. The molecule has 16 heteroatoms. The van der Waals surface area contributed by atoms with Gasteiger partial charge in [-0.3, -0.25) is 24.2 Å². The predicted octanol–water partition coefficient (Wildman–Crippen LogP) is 1.45. The van der Waals surface area contributed by atoms with Gasteiger partial charge in [0.25, 0.3) is 0 Å². The molecule has 4 rings (SSSR count). The van der Waals surface area contributed by atoms with Crippen molar-refractivity contribution >= 4 is 35.4 Å². The second-order valence-corrected chi connectivity index (χ2v) is 15.9. The summed E-state index contributed by atoms with van der Waals surface area (Å²) in [6, 6.07) is 3.91. The number of amides is 3. The molecule has 1 aromatic carbocycles. The third-order valence-corrected chi connectivity index (χ3v) is 11.0. The molecule has 3 aliphatic rings. The Labute approximate surface area is 323 Å². The van der Waals surface area contributed by atoms with Crippen LogP contribution in [0.2, 0.25) is 0 Å². The molecule has 16 nitrogen and oxygen atoms in total. The minimum Gasteiger partial charge on any atom is -0.493 e. The van der Waals surface area contributed by atoms with Gasteiger partial charge in [0.05, 0.1) is 31.1 Å². The fourth-order valence-corrected chi connectivity index (χ4v) is 8.33. The number of nitrogens with two attached hydrogens (primary N) is 2. The lowest BCUT2D eigenvalue weighted by Crippen LogP contribution is -2.66. The first kappa shape index (κ1) is 43.0. The van der Waals surface area contributed by atoms with E-state index in [1.807, 2.05) is 40.0 Å². The summed E-state index contributed by atoms with van der Waals surface area (Å²) in [5.41, 5.74) is 10.2. The van der Waals surface area contributed by atoms with Crippen LogP contribution in [0.25, 0.3) is 0 Å². The largest absolute Gasteiger partial charge is 0.493 e. The van der Waals surface area contributed by atoms with Crippen molar-refractivity contribution in [1.29, 1.82) is 0 Å². The third-order valence-electron chi connectivity index (χ3n) is 11.0. The Hall–Kier alpha value is -4.70. The maximum absolute atomic E-state index is 13.7. The van der Waals surface area contributed by atoms with E-state index in [1.54, 1.807) is 20.2 Å². The number of aliphatic hydroxyl groups is 1. The maximum Gasteiger partial charge on any atom is 0.414 e. The number of carbonyl (C=O) groups is 5. The molecule has 0 saturated carbocycles. The number of nitrogens with one attached hydrogen (secondary N) is 3. The highest BCUT2D eigenvalue weighted by molar-refractivity contribution is 5.98. The van der Waals surface area contributed by atoms with Gasteiger partial charge in [-0.25, -0.2) is 4.79 Å². The second kappa shape index (κ2) is 17.8. The quantitative estimate of drug-likeness (QED) is 0.0479. The number of Topliss-reactive ketones (excluding diaryl/α,β-unsaturated/α-hetero) is 2. The minimum atomic E-state index is -1.15. The first-order valence-corrected chi connectivity index (χ1v) is 18.9. The molecule has 304 valence electrons. The normalized spacial score (nSPS) is 22.6. The Morgan fingerprint density at radius 2 is 1.91 bits per heavy atom. The molecule has 0 bridgehead atoms. The lowest BCUT2D eigenvalue weighted by Gasteiger charge is -2.55. The van der Waals surface area contributed by atoms with Crippen LogP contribution >= 0.6 is 0 Å². The molecule has 0 aromatic heterocycles. The number of carbonyl (C=O) groups excluding carboxylic acids is 5. The van der Waals surface area contributed by atoms with Gasteiger partial charge < -0.3 is 51.6 Å². The van der Waals surface area contributed by atoms with Crippen molar-refractivity contribution in [2.45, 2.75) is 89.8 Å². The number of aliphatic imine (C=N–C) groups is 1. The van der Waals surface area contributed by atoms with Crippen molar-refractivity contribution in [3.05, 3.63) is 35.1 Å². The molecule has 5 atom stereocenters. The number of hydrogen-bond donors (Lipinski definition) is 6. The Balaban J connectivity index is 1.43. The second-order valence-electron chi connectivity index (χ2n) is 15.9. The molecular formula is C39H59N7O9. The van der Waals surface area contributed by atoms with Crippen LogP contribution in [0, 0.1) is 17.3 Å². The minimum absolute atomic E-state index is 0.0805. The Morgan fingerprint density at radius 1 is 1.18 bits per heavy atom. The Bertz CT molecular complexity index is 1690. The summed E-state index contributed by atoms with van der Waals surface area (Å²) in [4.78, 5) is 68.4. The average Bonchev–Trinajstić information content (AvgIpc) is 3.48. The molecule has 0 unspecified atom stereocenters. The van der Waals surface area contributed by atoms with Crippen LogP contribution in [-0.4, -0.2) is 111 Å². The van der Waals surface area contributed by atoms with Crippen molar-refractivity contribution in [2.24, 2.45) is 33.7 Å². The van der Waals surface area contributed by atoms with Crippen LogP contribution in [0.4, 0.5) is 4.79 Å². The van der Waals surface area contributed by atoms with E-state index in [1.165, 1.54) is 11.8 Å². The molecule has 55 heavy (non-hydrogen) atoms. The number of hydrogen-bond acceptors (Lipinski definition) is 11. The van der Waals surface area contributed by atoms with Crippen LogP contribution in [0.3, 0.4) is 0 Å². The Kier molecular flexibility index (Phi) is 14.0. The van der Waals surface area contributed by atoms with Crippen molar-refractivity contribution in [3.8, 4) is 11.5 Å². The first-order chi connectivity index (χ1) is 25.9. The number of ketones is 2. The van der Waals surface area contributed by atoms with Gasteiger partial charge >= 0.3 is 6.09 Å². The van der Waals surface area contributed by atoms with E-state index in [-0.39, 0.29) is 74.8 Å². The standard InChI is InChI=1S/C39H59N7O9/c1-23-17-25-10-11-28(53-7)32-31(25)38(14-16-42-5)33(55-32)29(12-13-39(23,38)52)54-36(51)46(6)22-37(3,4)21-45-34(50)26(9-8-15-43-35(40)41)19-27(48)20-44-30(49)18-24(2)47/h10-12,23,26,33,42,52H,8-9,13-22H2,1-7H3,(H,44,49)(H,45,50)(H4,40,41,43)/t23-,26-,33+,38+,39-/m1/s1. The van der Waals surface area contributed by atoms with Crippen LogP contribution in [0.15, 0.2) is 29.0 Å². The van der Waals surface area contributed by atoms with E-state index in [0.29, 0.717) is 49.5 Å². The highest BCUT2D eigenvalue weighted by atomic mass is 16.6. The summed E-state index contributed by atoms with van der Waals surface area (Å²) in [5, 5.41) is 21.1. The lowest BCUT2D eigenvalue weighted by molar-refractivity contribution is -0.131. The van der Waals surface area contributed by atoms with Gasteiger partial charge in [0.1, 0.15) is 11.5 Å². The highest BCUT2D eigenvalue weighted by Gasteiger charge is 2.69. The summed E-state index contributed by atoms with van der Waals surface area (Å²) in [7, 11) is 5.05. The van der Waals surface area contributed by atoms with Crippen LogP contribution in [-0.2, 0) is 35.8 Å². The van der Waals surface area contributed by atoms with Gasteiger partial charge in [-0.15, -0.1) is 0 Å². The average molecular weight is 770 g/mol. The summed E-state index contributed by atoms with van der Waals surface area (Å²) < 4.78 is 18.4. The lowest BCUT2D eigenvalue weighted by atomic mass is 9.50. The van der Waals surface area contributed by atoms with E-state index < -0.39 is 40.5 Å². The van der Waals surface area contributed by atoms with Crippen LogP contribution < -0.4 is 36.9 Å². The smallest absolute Gasteiger partial charge is 0.414 e. The molecular weight excluding hydrogens is 710 g/mol. The first-order valence-electron chi connectivity index (χ1n) is 18.9. The number of methoxy groups -OCH3 is 1. The topological polar surface area (TPSA) is 237 Å². The van der Waals surface area contributed by atoms with Crippen LogP contribution in [0.5, 0.6) is 11.5 Å². The van der Waals surface area contributed by atoms with E-state index in [2.05, 4.69) is 20.9 Å². The molecule has 1 heterocycles. The van der Waals surface area contributed by atoms with Gasteiger partial charge in [0.2, 0.25) is 11.8 Å². The molecule has 0 spiro atoms. The van der Waals surface area contributed by atoms with Crippen molar-refractivity contribution in [2.75, 3.05) is 53.9 Å². The number of rotatable bonds is 20. The monoisotopic (exact) mass is 769 g/mol. The predicted molar refractivity (Wildman–Crippen MR) is 205 cm³/mol. The van der Waals surface area contributed by atoms with Gasteiger partial charge in [-0.2, -0.15) is 0 Å².